The molecular formula is C14H23N3O3. The van der Waals surface area contributed by atoms with Crippen LogP contribution in [-0.2, 0) is 11.3 Å². The number of pyridine rings is 1. The molecule has 0 spiro atoms. The van der Waals surface area contributed by atoms with E-state index in [1.54, 1.807) is 26.5 Å². The summed E-state index contributed by atoms with van der Waals surface area (Å²) in [7, 11) is 3.15. The number of nitrogens with one attached hydrogen (secondary N) is 2. The molecule has 0 aliphatic heterocycles. The van der Waals surface area contributed by atoms with Gasteiger partial charge in [-0.25, -0.2) is 0 Å². The highest BCUT2D eigenvalue weighted by Crippen LogP contribution is 2.28. The van der Waals surface area contributed by atoms with Gasteiger partial charge in [-0.3, -0.25) is 9.78 Å². The molecule has 1 aromatic heterocycles. The van der Waals surface area contributed by atoms with E-state index in [1.807, 2.05) is 0 Å². The van der Waals surface area contributed by atoms with Crippen molar-refractivity contribution in [3.05, 3.63) is 18.0 Å². The Kier molecular flexibility index (Phi) is 6.79. The summed E-state index contributed by atoms with van der Waals surface area (Å²) in [5, 5.41) is 5.88. The second kappa shape index (κ2) is 8.37. The van der Waals surface area contributed by atoms with Gasteiger partial charge in [0.1, 0.15) is 0 Å². The lowest BCUT2D eigenvalue weighted by Crippen LogP contribution is -2.35. The van der Waals surface area contributed by atoms with Crippen molar-refractivity contribution < 1.29 is 14.3 Å². The van der Waals surface area contributed by atoms with Crippen molar-refractivity contribution in [2.75, 3.05) is 27.3 Å². The van der Waals surface area contributed by atoms with Crippen molar-refractivity contribution in [1.82, 2.24) is 15.6 Å². The first-order valence-corrected chi connectivity index (χ1v) is 6.61. The highest BCUT2D eigenvalue weighted by molar-refractivity contribution is 5.77. The van der Waals surface area contributed by atoms with Crippen LogP contribution in [0.4, 0.5) is 0 Å². The number of hydrogen-bond acceptors (Lipinski definition) is 5. The van der Waals surface area contributed by atoms with E-state index in [0.717, 1.165) is 0 Å². The highest BCUT2D eigenvalue weighted by Gasteiger charge is 2.11. The summed E-state index contributed by atoms with van der Waals surface area (Å²) < 4.78 is 10.5. The average molecular weight is 281 g/mol. The predicted molar refractivity (Wildman–Crippen MR) is 76.9 cm³/mol. The second-order valence-corrected chi connectivity index (χ2v) is 4.79. The van der Waals surface area contributed by atoms with Crippen molar-refractivity contribution in [2.45, 2.75) is 20.4 Å². The summed E-state index contributed by atoms with van der Waals surface area (Å²) in [6.07, 6.45) is 1.65. The number of methoxy groups -OCH3 is 2. The Balaban J connectivity index is 2.48. The summed E-state index contributed by atoms with van der Waals surface area (Å²) in [6, 6.07) is 1.73. The number of carbonyl (C=O) groups is 1. The van der Waals surface area contributed by atoms with Crippen LogP contribution in [0.1, 0.15) is 19.5 Å². The molecular weight excluding hydrogens is 258 g/mol. The van der Waals surface area contributed by atoms with E-state index in [0.29, 0.717) is 36.2 Å². The van der Waals surface area contributed by atoms with Gasteiger partial charge in [0.25, 0.3) is 0 Å². The predicted octanol–water partition coefficient (Wildman–Crippen LogP) is 0.961. The molecule has 0 saturated heterocycles. The lowest BCUT2D eigenvalue weighted by atomic mass is 10.2. The number of nitrogens with zero attached hydrogens (tertiary/aromatic N) is 1. The summed E-state index contributed by atoms with van der Waals surface area (Å²) in [4.78, 5) is 15.8. The van der Waals surface area contributed by atoms with Crippen LogP contribution in [0.2, 0.25) is 0 Å². The first-order chi connectivity index (χ1) is 9.58. The molecule has 6 nitrogen and oxygen atoms in total. The fraction of sp³-hybridized carbons (Fsp3) is 0.571. The van der Waals surface area contributed by atoms with Gasteiger partial charge in [-0.15, -0.1) is 0 Å². The van der Waals surface area contributed by atoms with Crippen molar-refractivity contribution >= 4 is 5.91 Å². The molecule has 0 radical (unpaired) electrons. The van der Waals surface area contributed by atoms with Crippen LogP contribution in [0.25, 0.3) is 0 Å². The van der Waals surface area contributed by atoms with Gasteiger partial charge < -0.3 is 20.1 Å². The quantitative estimate of drug-likeness (QED) is 0.742. The Morgan fingerprint density at radius 2 is 2.10 bits per heavy atom. The lowest BCUT2D eigenvalue weighted by molar-refractivity contribution is -0.120. The zero-order valence-corrected chi connectivity index (χ0v) is 12.5. The van der Waals surface area contributed by atoms with E-state index in [-0.39, 0.29) is 12.5 Å². The Morgan fingerprint density at radius 1 is 1.35 bits per heavy atom. The van der Waals surface area contributed by atoms with Gasteiger partial charge in [-0.2, -0.15) is 0 Å². The second-order valence-electron chi connectivity index (χ2n) is 4.79. The Labute approximate surface area is 119 Å². The minimum absolute atomic E-state index is 0.0273. The molecule has 20 heavy (non-hydrogen) atoms. The number of hydrogen-bond donors (Lipinski definition) is 2. The summed E-state index contributed by atoms with van der Waals surface area (Å²) in [5.74, 6) is 1.63. The van der Waals surface area contributed by atoms with E-state index in [4.69, 9.17) is 9.47 Å². The third kappa shape index (κ3) is 5.05. The van der Waals surface area contributed by atoms with Crippen LogP contribution in [0.3, 0.4) is 0 Å². The van der Waals surface area contributed by atoms with Crippen molar-refractivity contribution in [2.24, 2.45) is 5.92 Å². The molecule has 6 heteroatoms. The zero-order chi connectivity index (χ0) is 15.0. The summed E-state index contributed by atoms with van der Waals surface area (Å²) in [6.45, 7) is 5.48. The molecule has 0 aliphatic rings. The molecule has 0 atom stereocenters. The zero-order valence-electron chi connectivity index (χ0n) is 12.5. The Bertz CT molecular complexity index is 436. The topological polar surface area (TPSA) is 72.5 Å². The number of carbonyl (C=O) groups excluding carboxylic acids is 1. The fourth-order valence-corrected chi connectivity index (χ4v) is 1.65. The van der Waals surface area contributed by atoms with Gasteiger partial charge in [0, 0.05) is 25.4 Å². The number of ether oxygens (including phenoxy) is 2. The van der Waals surface area contributed by atoms with Crippen LogP contribution in [-0.4, -0.2) is 38.2 Å². The number of rotatable bonds is 8. The third-order valence-corrected chi connectivity index (χ3v) is 2.65. The van der Waals surface area contributed by atoms with Gasteiger partial charge in [0.05, 0.1) is 26.5 Å². The lowest BCUT2D eigenvalue weighted by Gasteiger charge is -2.12. The fourth-order valence-electron chi connectivity index (χ4n) is 1.65. The highest BCUT2D eigenvalue weighted by atomic mass is 16.5. The molecule has 0 fully saturated rings. The normalized spacial score (nSPS) is 10.4. The van der Waals surface area contributed by atoms with Crippen LogP contribution in [0.5, 0.6) is 11.5 Å². The number of aromatic nitrogens is 1. The van der Waals surface area contributed by atoms with Gasteiger partial charge in [-0.05, 0) is 5.92 Å². The average Bonchev–Trinajstić information content (AvgIpc) is 2.44. The first kappa shape index (κ1) is 16.2. The maximum Gasteiger partial charge on any atom is 0.233 e. The standard InChI is InChI=1S/C14H23N3O3/c1-10(2)7-17-13(18)9-15-8-11-14(20-4)12(19-3)5-6-16-11/h5-6,10,15H,7-9H2,1-4H3,(H,17,18). The maximum absolute atomic E-state index is 11.6. The molecule has 1 rings (SSSR count). The van der Waals surface area contributed by atoms with Crippen LogP contribution < -0.4 is 20.1 Å². The van der Waals surface area contributed by atoms with Crippen molar-refractivity contribution in [3.63, 3.8) is 0 Å². The van der Waals surface area contributed by atoms with Crippen molar-refractivity contribution in [1.29, 1.82) is 0 Å². The first-order valence-electron chi connectivity index (χ1n) is 6.61. The largest absolute Gasteiger partial charge is 0.493 e. The third-order valence-electron chi connectivity index (χ3n) is 2.65. The van der Waals surface area contributed by atoms with E-state index in [1.165, 1.54) is 0 Å². The molecule has 0 bridgehead atoms. The monoisotopic (exact) mass is 281 g/mol. The van der Waals surface area contributed by atoms with Crippen LogP contribution >= 0.6 is 0 Å². The Hall–Kier alpha value is -1.82. The van der Waals surface area contributed by atoms with E-state index < -0.39 is 0 Å². The maximum atomic E-state index is 11.6. The molecule has 0 unspecified atom stereocenters. The van der Waals surface area contributed by atoms with Crippen LogP contribution in [0, 0.1) is 5.92 Å². The van der Waals surface area contributed by atoms with E-state index in [2.05, 4.69) is 29.5 Å². The summed E-state index contributed by atoms with van der Waals surface area (Å²) >= 11 is 0. The minimum atomic E-state index is -0.0273. The molecule has 0 saturated carbocycles. The van der Waals surface area contributed by atoms with Crippen LogP contribution in [0.15, 0.2) is 12.3 Å². The molecule has 112 valence electrons. The smallest absolute Gasteiger partial charge is 0.233 e. The molecule has 0 aromatic carbocycles. The van der Waals surface area contributed by atoms with Crippen molar-refractivity contribution in [3.8, 4) is 11.5 Å². The summed E-state index contributed by atoms with van der Waals surface area (Å²) in [5.41, 5.74) is 0.712. The van der Waals surface area contributed by atoms with Gasteiger partial charge in [-0.1, -0.05) is 13.8 Å². The molecule has 1 aromatic rings. The van der Waals surface area contributed by atoms with E-state index >= 15 is 0 Å². The minimum Gasteiger partial charge on any atom is -0.493 e. The molecule has 2 N–H and O–H groups in total. The van der Waals surface area contributed by atoms with Gasteiger partial charge in [0.2, 0.25) is 5.91 Å². The Morgan fingerprint density at radius 3 is 2.70 bits per heavy atom. The molecule has 0 aliphatic carbocycles. The van der Waals surface area contributed by atoms with Gasteiger partial charge in [0.15, 0.2) is 11.5 Å². The molecule has 1 amide bonds. The number of amides is 1. The van der Waals surface area contributed by atoms with Gasteiger partial charge >= 0.3 is 0 Å². The SMILES string of the molecule is COc1ccnc(CNCC(=O)NCC(C)C)c1OC. The van der Waals surface area contributed by atoms with E-state index in [9.17, 15) is 4.79 Å². The molecule has 1 heterocycles.